The minimum atomic E-state index is 0.0398. The van der Waals surface area contributed by atoms with E-state index in [2.05, 4.69) is 22.6 Å². The molecular formula is C18H21N3O2. The lowest BCUT2D eigenvalue weighted by Gasteiger charge is -2.11. The van der Waals surface area contributed by atoms with Crippen LogP contribution in [-0.4, -0.2) is 22.8 Å². The molecule has 1 aliphatic rings. The van der Waals surface area contributed by atoms with Crippen LogP contribution in [0.4, 0.5) is 5.82 Å². The van der Waals surface area contributed by atoms with E-state index in [1.807, 2.05) is 30.3 Å². The first-order chi connectivity index (χ1) is 11.2. The van der Waals surface area contributed by atoms with E-state index >= 15 is 0 Å². The van der Waals surface area contributed by atoms with Crippen LogP contribution in [0, 0.1) is 5.92 Å². The lowest BCUT2D eigenvalue weighted by molar-refractivity contribution is -0.116. The number of methoxy groups -OCH3 is 1. The third-order valence-electron chi connectivity index (χ3n) is 4.04. The number of carbonyl (C=O) groups is 1. The monoisotopic (exact) mass is 311 g/mol. The quantitative estimate of drug-likeness (QED) is 0.833. The van der Waals surface area contributed by atoms with Crippen LogP contribution in [0.3, 0.4) is 0 Å². The van der Waals surface area contributed by atoms with Gasteiger partial charge >= 0.3 is 0 Å². The van der Waals surface area contributed by atoms with Crippen molar-refractivity contribution in [2.75, 3.05) is 12.4 Å². The Morgan fingerprint density at radius 1 is 1.35 bits per heavy atom. The molecule has 120 valence electrons. The lowest BCUT2D eigenvalue weighted by atomic mass is 10.1. The molecule has 0 radical (unpaired) electrons. The van der Waals surface area contributed by atoms with Gasteiger partial charge in [0.15, 0.2) is 0 Å². The number of hydrogen-bond acceptors (Lipinski definition) is 3. The first-order valence-electron chi connectivity index (χ1n) is 7.86. The maximum absolute atomic E-state index is 12.2. The number of amides is 1. The average molecular weight is 311 g/mol. The number of rotatable bonds is 6. The Hall–Kier alpha value is -2.56. The minimum Gasteiger partial charge on any atom is -0.497 e. The van der Waals surface area contributed by atoms with Crippen LogP contribution in [0.5, 0.6) is 5.75 Å². The molecule has 0 spiro atoms. The molecule has 0 fully saturated rings. The summed E-state index contributed by atoms with van der Waals surface area (Å²) in [5.41, 5.74) is 1.10. The summed E-state index contributed by atoms with van der Waals surface area (Å²) >= 11 is 0. The molecule has 23 heavy (non-hydrogen) atoms. The Labute approximate surface area is 136 Å². The number of allylic oxidation sites excluding steroid dienone is 2. The second-order valence-corrected chi connectivity index (χ2v) is 5.74. The Bertz CT molecular complexity index is 689. The molecule has 2 aromatic rings. The third kappa shape index (κ3) is 4.00. The minimum absolute atomic E-state index is 0.0398. The lowest BCUT2D eigenvalue weighted by Crippen LogP contribution is -2.18. The topological polar surface area (TPSA) is 56.1 Å². The Balaban J connectivity index is 1.61. The van der Waals surface area contributed by atoms with Crippen molar-refractivity contribution in [1.82, 2.24) is 9.78 Å². The summed E-state index contributed by atoms with van der Waals surface area (Å²) in [6, 6.07) is 9.66. The van der Waals surface area contributed by atoms with Crippen molar-refractivity contribution in [3.8, 4) is 5.75 Å². The molecule has 0 unspecified atom stereocenters. The summed E-state index contributed by atoms with van der Waals surface area (Å²) < 4.78 is 6.95. The Morgan fingerprint density at radius 2 is 2.17 bits per heavy atom. The summed E-state index contributed by atoms with van der Waals surface area (Å²) in [6.45, 7) is 0.607. The van der Waals surface area contributed by atoms with Gasteiger partial charge in [0.2, 0.25) is 5.91 Å². The highest BCUT2D eigenvalue weighted by Crippen LogP contribution is 2.21. The molecule has 1 amide bonds. The molecule has 5 heteroatoms. The maximum Gasteiger partial charge on any atom is 0.226 e. The van der Waals surface area contributed by atoms with Crippen molar-refractivity contribution in [2.24, 2.45) is 5.92 Å². The predicted molar refractivity (Wildman–Crippen MR) is 89.4 cm³/mol. The molecule has 1 N–H and O–H groups in total. The van der Waals surface area contributed by atoms with Crippen molar-refractivity contribution in [3.63, 3.8) is 0 Å². The number of nitrogens with zero attached hydrogens (tertiary/aromatic N) is 2. The maximum atomic E-state index is 12.2. The summed E-state index contributed by atoms with van der Waals surface area (Å²) in [6.07, 6.45) is 8.66. The molecule has 0 saturated carbocycles. The number of carbonyl (C=O) groups excluding carboxylic acids is 1. The highest BCUT2D eigenvalue weighted by Gasteiger charge is 2.15. The zero-order valence-corrected chi connectivity index (χ0v) is 13.2. The van der Waals surface area contributed by atoms with Gasteiger partial charge in [0.05, 0.1) is 19.9 Å². The van der Waals surface area contributed by atoms with Gasteiger partial charge in [0, 0.05) is 12.5 Å². The Kier molecular flexibility index (Phi) is 4.76. The zero-order valence-electron chi connectivity index (χ0n) is 13.2. The van der Waals surface area contributed by atoms with E-state index < -0.39 is 0 Å². The molecule has 0 bridgehead atoms. The van der Waals surface area contributed by atoms with E-state index in [4.69, 9.17) is 4.74 Å². The summed E-state index contributed by atoms with van der Waals surface area (Å²) in [7, 11) is 1.65. The van der Waals surface area contributed by atoms with Gasteiger partial charge in [-0.3, -0.25) is 4.79 Å². The van der Waals surface area contributed by atoms with Crippen molar-refractivity contribution in [3.05, 3.63) is 54.2 Å². The van der Waals surface area contributed by atoms with E-state index in [9.17, 15) is 4.79 Å². The van der Waals surface area contributed by atoms with Gasteiger partial charge < -0.3 is 10.1 Å². The third-order valence-corrected chi connectivity index (χ3v) is 4.04. The first kappa shape index (κ1) is 15.3. The van der Waals surface area contributed by atoms with Crippen molar-refractivity contribution >= 4 is 11.7 Å². The molecule has 5 nitrogen and oxygen atoms in total. The normalized spacial score (nSPS) is 16.5. The molecule has 1 aromatic heterocycles. The zero-order chi connectivity index (χ0) is 16.1. The second kappa shape index (κ2) is 7.13. The average Bonchev–Trinajstić information content (AvgIpc) is 3.21. The van der Waals surface area contributed by atoms with Gasteiger partial charge in [-0.2, -0.15) is 5.10 Å². The fourth-order valence-corrected chi connectivity index (χ4v) is 2.77. The fraction of sp³-hybridized carbons (Fsp3) is 0.333. The van der Waals surface area contributed by atoms with Gasteiger partial charge in [-0.1, -0.05) is 24.3 Å². The molecule has 1 heterocycles. The van der Waals surface area contributed by atoms with Gasteiger partial charge in [0.25, 0.3) is 0 Å². The van der Waals surface area contributed by atoms with Crippen LogP contribution >= 0.6 is 0 Å². The van der Waals surface area contributed by atoms with Crippen LogP contribution in [0.2, 0.25) is 0 Å². The summed E-state index contributed by atoms with van der Waals surface area (Å²) in [5, 5.41) is 7.26. The largest absolute Gasteiger partial charge is 0.497 e. The van der Waals surface area contributed by atoms with Crippen molar-refractivity contribution < 1.29 is 9.53 Å². The van der Waals surface area contributed by atoms with Crippen LogP contribution in [0.15, 0.2) is 48.7 Å². The van der Waals surface area contributed by atoms with E-state index in [1.54, 1.807) is 18.0 Å². The summed E-state index contributed by atoms with van der Waals surface area (Å²) in [5.74, 6) is 1.96. The van der Waals surface area contributed by atoms with Crippen LogP contribution < -0.4 is 10.1 Å². The number of hydrogen-bond donors (Lipinski definition) is 1. The smallest absolute Gasteiger partial charge is 0.226 e. The summed E-state index contributed by atoms with van der Waals surface area (Å²) in [4.78, 5) is 12.2. The van der Waals surface area contributed by atoms with Crippen LogP contribution in [-0.2, 0) is 11.3 Å². The van der Waals surface area contributed by atoms with Crippen molar-refractivity contribution in [1.29, 1.82) is 0 Å². The van der Waals surface area contributed by atoms with E-state index in [0.717, 1.165) is 30.0 Å². The Morgan fingerprint density at radius 3 is 2.87 bits per heavy atom. The highest BCUT2D eigenvalue weighted by atomic mass is 16.5. The number of nitrogens with one attached hydrogen (secondary N) is 1. The van der Waals surface area contributed by atoms with E-state index in [0.29, 0.717) is 18.9 Å². The standard InChI is InChI=1S/C18H21N3O2/c1-23-16-8-6-15(7-9-16)13-21-17(10-11-19-21)20-18(22)12-14-4-2-3-5-14/h2,4,6-11,14H,3,5,12-13H2,1H3,(H,20,22)/t14-/m0/s1. The SMILES string of the molecule is COc1ccc(Cn2nccc2NC(=O)C[C@H]2C=CCC2)cc1. The molecule has 1 aromatic carbocycles. The number of aromatic nitrogens is 2. The number of anilines is 1. The van der Waals surface area contributed by atoms with E-state index in [-0.39, 0.29) is 5.91 Å². The van der Waals surface area contributed by atoms with E-state index in [1.165, 1.54) is 0 Å². The molecule has 1 aliphatic carbocycles. The van der Waals surface area contributed by atoms with Gasteiger partial charge in [-0.05, 0) is 36.5 Å². The number of benzene rings is 1. The van der Waals surface area contributed by atoms with Gasteiger partial charge in [-0.25, -0.2) is 4.68 Å². The first-order valence-corrected chi connectivity index (χ1v) is 7.86. The van der Waals surface area contributed by atoms with Crippen LogP contribution in [0.25, 0.3) is 0 Å². The van der Waals surface area contributed by atoms with Crippen LogP contribution in [0.1, 0.15) is 24.8 Å². The molecular weight excluding hydrogens is 290 g/mol. The molecule has 3 rings (SSSR count). The predicted octanol–water partition coefficient (Wildman–Crippen LogP) is 3.23. The van der Waals surface area contributed by atoms with Gasteiger partial charge in [0.1, 0.15) is 11.6 Å². The number of ether oxygens (including phenoxy) is 1. The van der Waals surface area contributed by atoms with Crippen molar-refractivity contribution in [2.45, 2.75) is 25.8 Å². The van der Waals surface area contributed by atoms with Gasteiger partial charge in [-0.15, -0.1) is 0 Å². The molecule has 1 atom stereocenters. The molecule has 0 saturated heterocycles. The highest BCUT2D eigenvalue weighted by molar-refractivity contribution is 5.90. The fourth-order valence-electron chi connectivity index (χ4n) is 2.77. The second-order valence-electron chi connectivity index (χ2n) is 5.74. The molecule has 0 aliphatic heterocycles.